The van der Waals surface area contributed by atoms with E-state index in [0.29, 0.717) is 6.54 Å². The molecule has 24 heavy (non-hydrogen) atoms. The molecule has 4 rings (SSSR count). The van der Waals surface area contributed by atoms with Crippen molar-refractivity contribution in [2.24, 2.45) is 12.1 Å². The number of thioether (sulfide) groups is 1. The Balaban J connectivity index is 1.29. The Morgan fingerprint density at radius 3 is 2.96 bits per heavy atom. The van der Waals surface area contributed by atoms with Crippen molar-refractivity contribution in [3.63, 3.8) is 0 Å². The second kappa shape index (κ2) is 6.52. The lowest BCUT2D eigenvalue weighted by Gasteiger charge is -1.99. The molecule has 0 bridgehead atoms. The van der Waals surface area contributed by atoms with Gasteiger partial charge in [0.25, 0.3) is 0 Å². The molecule has 1 N–H and O–H groups in total. The van der Waals surface area contributed by atoms with Crippen LogP contribution in [0.25, 0.3) is 11.0 Å². The minimum atomic E-state index is 0.0612. The average molecular weight is 339 g/mol. The Kier molecular flexibility index (Phi) is 4.08. The van der Waals surface area contributed by atoms with Gasteiger partial charge < -0.3 is 14.7 Å². The van der Waals surface area contributed by atoms with Crippen LogP contribution < -0.4 is 5.43 Å². The minimum absolute atomic E-state index is 0.0612. The minimum Gasteiger partial charge on any atom is -0.463 e. The van der Waals surface area contributed by atoms with Crippen molar-refractivity contribution in [2.45, 2.75) is 17.8 Å². The molecule has 0 aliphatic carbocycles. The van der Waals surface area contributed by atoms with E-state index in [1.165, 1.54) is 0 Å². The van der Waals surface area contributed by atoms with Gasteiger partial charge in [-0.15, -0.1) is 5.10 Å². The van der Waals surface area contributed by atoms with Crippen LogP contribution in [0.15, 0.2) is 58.9 Å². The fourth-order valence-electron chi connectivity index (χ4n) is 2.42. The van der Waals surface area contributed by atoms with Gasteiger partial charge in [-0.05, 0) is 24.3 Å². The molecule has 0 saturated carbocycles. The lowest BCUT2D eigenvalue weighted by Crippen LogP contribution is -2.07. The highest BCUT2D eigenvalue weighted by atomic mass is 32.2. The van der Waals surface area contributed by atoms with Crippen molar-refractivity contribution in [2.75, 3.05) is 5.75 Å². The molecule has 0 spiro atoms. The van der Waals surface area contributed by atoms with Crippen LogP contribution in [0.1, 0.15) is 5.69 Å². The zero-order chi connectivity index (χ0) is 16.4. The number of benzene rings is 1. The predicted octanol–water partition coefficient (Wildman–Crippen LogP) is 2.56. The van der Waals surface area contributed by atoms with Gasteiger partial charge in [-0.25, -0.2) is 4.98 Å². The van der Waals surface area contributed by atoms with Crippen molar-refractivity contribution < 1.29 is 4.74 Å². The van der Waals surface area contributed by atoms with E-state index in [-0.39, 0.29) is 6.10 Å². The van der Waals surface area contributed by atoms with Crippen LogP contribution in [0.5, 0.6) is 0 Å². The van der Waals surface area contributed by atoms with E-state index < -0.39 is 0 Å². The topological polar surface area (TPSA) is 67.6 Å². The van der Waals surface area contributed by atoms with Gasteiger partial charge in [-0.2, -0.15) is 0 Å². The zero-order valence-electron chi connectivity index (χ0n) is 13.2. The molecule has 122 valence electrons. The molecule has 7 heteroatoms. The average Bonchev–Trinajstić information content (AvgIpc) is 3.29. The molecule has 1 aliphatic rings. The summed E-state index contributed by atoms with van der Waals surface area (Å²) in [5.41, 5.74) is 6.11. The van der Waals surface area contributed by atoms with Gasteiger partial charge in [0, 0.05) is 19.0 Å². The van der Waals surface area contributed by atoms with E-state index >= 15 is 0 Å². The van der Waals surface area contributed by atoms with Crippen molar-refractivity contribution in [3.8, 4) is 0 Å². The van der Waals surface area contributed by atoms with E-state index in [9.17, 15) is 0 Å². The molecule has 1 unspecified atom stereocenters. The number of hydrazone groups is 1. The summed E-state index contributed by atoms with van der Waals surface area (Å²) in [7, 11) is 2.04. The molecule has 2 aromatic heterocycles. The number of nitrogens with zero attached hydrogens (tertiary/aromatic N) is 4. The Morgan fingerprint density at radius 2 is 2.12 bits per heavy atom. The lowest BCUT2D eigenvalue weighted by molar-refractivity contribution is 0.471. The summed E-state index contributed by atoms with van der Waals surface area (Å²) >= 11 is 1.68. The van der Waals surface area contributed by atoms with Crippen LogP contribution in [0.4, 0.5) is 0 Å². The maximum Gasteiger partial charge on any atom is 0.249 e. The Hall–Kier alpha value is -2.54. The number of epoxide rings is 1. The number of aromatic nitrogens is 3. The number of aryl methyl sites for hydroxylation is 1. The Bertz CT molecular complexity index is 877. The molecule has 0 amide bonds. The van der Waals surface area contributed by atoms with Gasteiger partial charge in [0.05, 0.1) is 23.3 Å². The third kappa shape index (κ3) is 3.21. The largest absolute Gasteiger partial charge is 0.463 e. The molecule has 1 atom stereocenters. The predicted molar refractivity (Wildman–Crippen MR) is 94.8 cm³/mol. The van der Waals surface area contributed by atoms with Crippen LogP contribution in [-0.2, 0) is 18.3 Å². The summed E-state index contributed by atoms with van der Waals surface area (Å²) in [5, 5.41) is 5.25. The highest BCUT2D eigenvalue weighted by molar-refractivity contribution is 7.99. The molecule has 1 saturated heterocycles. The standard InChI is InChI=1S/C17H17N5OS/c1-22-14-8-3-2-7-13(14)20-17(22)24-11-15-16(23-15)21-19-10-12-6-4-5-9-18-12/h2-9,15,19H,10-11H2,1H3/b21-16+. The highest BCUT2D eigenvalue weighted by Crippen LogP contribution is 2.27. The summed E-state index contributed by atoms with van der Waals surface area (Å²) < 4.78 is 7.61. The first kappa shape index (κ1) is 15.0. The molecule has 1 aliphatic heterocycles. The zero-order valence-corrected chi connectivity index (χ0v) is 14.0. The van der Waals surface area contributed by atoms with Crippen LogP contribution in [0.2, 0.25) is 0 Å². The number of imidazole rings is 1. The first-order valence-electron chi connectivity index (χ1n) is 7.72. The summed E-state index contributed by atoms with van der Waals surface area (Å²) in [4.78, 5) is 8.88. The molecular weight excluding hydrogens is 322 g/mol. The number of nitrogens with one attached hydrogen (secondary N) is 1. The summed E-state index contributed by atoms with van der Waals surface area (Å²) in [6.07, 6.45) is 1.83. The number of fused-ring (bicyclic) bond motifs is 1. The lowest BCUT2D eigenvalue weighted by atomic mass is 10.3. The summed E-state index contributed by atoms with van der Waals surface area (Å²) in [5.74, 6) is 1.55. The summed E-state index contributed by atoms with van der Waals surface area (Å²) in [6.45, 7) is 0.596. The first-order valence-corrected chi connectivity index (χ1v) is 8.71. The fourth-order valence-corrected chi connectivity index (χ4v) is 3.39. The van der Waals surface area contributed by atoms with Crippen molar-refractivity contribution in [3.05, 3.63) is 54.4 Å². The fraction of sp³-hybridized carbons (Fsp3) is 0.235. The number of rotatable bonds is 6. The van der Waals surface area contributed by atoms with Gasteiger partial charge in [0.1, 0.15) is 0 Å². The van der Waals surface area contributed by atoms with Gasteiger partial charge in [-0.1, -0.05) is 30.0 Å². The first-order chi connectivity index (χ1) is 11.8. The smallest absolute Gasteiger partial charge is 0.249 e. The third-order valence-corrected chi connectivity index (χ3v) is 4.86. The second-order valence-corrected chi connectivity index (χ2v) is 6.45. The van der Waals surface area contributed by atoms with Gasteiger partial charge in [-0.3, -0.25) is 4.98 Å². The number of ether oxygens (including phenoxy) is 1. The monoisotopic (exact) mass is 339 g/mol. The number of pyridine rings is 1. The van der Waals surface area contributed by atoms with E-state index in [4.69, 9.17) is 4.74 Å². The maximum absolute atomic E-state index is 5.50. The SMILES string of the molecule is Cn1c(SCC2O/C2=N/NCc2ccccn2)nc2ccccc21. The van der Waals surface area contributed by atoms with E-state index in [1.807, 2.05) is 43.4 Å². The number of hydrogen-bond donors (Lipinski definition) is 1. The number of hydrogen-bond acceptors (Lipinski definition) is 6. The second-order valence-electron chi connectivity index (χ2n) is 5.47. The van der Waals surface area contributed by atoms with Crippen LogP contribution in [0.3, 0.4) is 0 Å². The van der Waals surface area contributed by atoms with Crippen LogP contribution in [0, 0.1) is 0 Å². The quantitative estimate of drug-likeness (QED) is 0.425. The molecule has 0 radical (unpaired) electrons. The normalized spacial score (nSPS) is 17.9. The highest BCUT2D eigenvalue weighted by Gasteiger charge is 2.35. The molecular formula is C17H17N5OS. The van der Waals surface area contributed by atoms with Crippen LogP contribution >= 0.6 is 11.8 Å². The molecule has 1 fully saturated rings. The van der Waals surface area contributed by atoms with Crippen LogP contribution in [-0.4, -0.2) is 32.3 Å². The van der Waals surface area contributed by atoms with E-state index in [2.05, 4.69) is 31.1 Å². The van der Waals surface area contributed by atoms with Gasteiger partial charge >= 0.3 is 0 Å². The van der Waals surface area contributed by atoms with Crippen molar-refractivity contribution in [1.29, 1.82) is 0 Å². The van der Waals surface area contributed by atoms with Gasteiger partial charge in [0.15, 0.2) is 11.3 Å². The van der Waals surface area contributed by atoms with Gasteiger partial charge in [0.2, 0.25) is 5.90 Å². The molecule has 6 nitrogen and oxygen atoms in total. The third-order valence-electron chi connectivity index (χ3n) is 3.77. The molecule has 3 heterocycles. The Labute approximate surface area is 143 Å². The molecule has 1 aromatic carbocycles. The molecule has 3 aromatic rings. The van der Waals surface area contributed by atoms with E-state index in [0.717, 1.165) is 33.5 Å². The Morgan fingerprint density at radius 1 is 1.25 bits per heavy atom. The summed E-state index contributed by atoms with van der Waals surface area (Å²) in [6, 6.07) is 14.0. The van der Waals surface area contributed by atoms with Crippen molar-refractivity contribution >= 4 is 28.7 Å². The van der Waals surface area contributed by atoms with Crippen molar-refractivity contribution in [1.82, 2.24) is 20.0 Å². The van der Waals surface area contributed by atoms with E-state index in [1.54, 1.807) is 18.0 Å². The number of para-hydroxylation sites is 2. The maximum atomic E-state index is 5.50.